The van der Waals surface area contributed by atoms with Crippen LogP contribution in [0.1, 0.15) is 36.4 Å². The minimum absolute atomic E-state index is 0. The second-order valence-corrected chi connectivity index (χ2v) is 7.95. The summed E-state index contributed by atoms with van der Waals surface area (Å²) in [5, 5.41) is 6.83. The fourth-order valence-electron chi connectivity index (χ4n) is 3.03. The van der Waals surface area contributed by atoms with E-state index in [0.717, 1.165) is 38.4 Å². The summed E-state index contributed by atoms with van der Waals surface area (Å²) in [6.07, 6.45) is 3.56. The molecule has 2 N–H and O–H groups in total. The van der Waals surface area contributed by atoms with Gasteiger partial charge < -0.3 is 20.4 Å². The molecule has 0 radical (unpaired) electrons. The van der Waals surface area contributed by atoms with Gasteiger partial charge in [-0.05, 0) is 65.0 Å². The van der Waals surface area contributed by atoms with E-state index in [0.29, 0.717) is 0 Å². The first-order valence-corrected chi connectivity index (χ1v) is 10.5. The van der Waals surface area contributed by atoms with Crippen LogP contribution in [0, 0.1) is 0 Å². The van der Waals surface area contributed by atoms with Crippen LogP contribution in [0.15, 0.2) is 17.1 Å². The number of halogens is 1. The minimum atomic E-state index is 0. The van der Waals surface area contributed by atoms with Gasteiger partial charge >= 0.3 is 0 Å². The molecule has 1 aromatic rings. The third-order valence-corrected chi connectivity index (χ3v) is 5.77. The van der Waals surface area contributed by atoms with Gasteiger partial charge in [0.15, 0.2) is 5.96 Å². The summed E-state index contributed by atoms with van der Waals surface area (Å²) < 4.78 is 0. The molecule has 1 saturated heterocycles. The third-order valence-electron chi connectivity index (χ3n) is 4.56. The fourth-order valence-corrected chi connectivity index (χ4v) is 3.91. The first kappa shape index (κ1) is 23.7. The quantitative estimate of drug-likeness (QED) is 0.253. The van der Waals surface area contributed by atoms with Crippen LogP contribution in [-0.2, 0) is 13.0 Å². The maximum absolute atomic E-state index is 4.73. The van der Waals surface area contributed by atoms with Crippen molar-refractivity contribution in [2.75, 3.05) is 52.9 Å². The SMILES string of the molecule is CCNC(=NCc1ccc(CC)s1)NCCCN1CCCN(C)CC1.I. The van der Waals surface area contributed by atoms with E-state index in [2.05, 4.69) is 53.5 Å². The first-order chi connectivity index (χ1) is 12.2. The van der Waals surface area contributed by atoms with Gasteiger partial charge in [0.1, 0.15) is 0 Å². The molecule has 1 fully saturated rings. The lowest BCUT2D eigenvalue weighted by Crippen LogP contribution is -2.39. The van der Waals surface area contributed by atoms with Gasteiger partial charge in [-0.15, -0.1) is 35.3 Å². The zero-order valence-corrected chi connectivity index (χ0v) is 19.7. The van der Waals surface area contributed by atoms with E-state index >= 15 is 0 Å². The molecule has 2 heterocycles. The number of aliphatic imine (C=N–C) groups is 1. The molecule has 2 rings (SSSR count). The average molecular weight is 494 g/mol. The molecule has 1 aliphatic heterocycles. The third kappa shape index (κ3) is 9.01. The number of likely N-dealkylation sites (N-methyl/N-ethyl adjacent to an activating group) is 1. The molecule has 26 heavy (non-hydrogen) atoms. The highest BCUT2D eigenvalue weighted by atomic mass is 127. The predicted molar refractivity (Wildman–Crippen MR) is 125 cm³/mol. The summed E-state index contributed by atoms with van der Waals surface area (Å²) in [7, 11) is 2.22. The number of thiophene rings is 1. The smallest absolute Gasteiger partial charge is 0.191 e. The molecule has 0 atom stereocenters. The number of hydrogen-bond donors (Lipinski definition) is 2. The second-order valence-electron chi connectivity index (χ2n) is 6.70. The number of hydrogen-bond acceptors (Lipinski definition) is 4. The molecule has 0 unspecified atom stereocenters. The van der Waals surface area contributed by atoms with Crippen LogP contribution >= 0.6 is 35.3 Å². The van der Waals surface area contributed by atoms with E-state index in [9.17, 15) is 0 Å². The molecule has 7 heteroatoms. The number of guanidine groups is 1. The van der Waals surface area contributed by atoms with Crippen molar-refractivity contribution in [2.24, 2.45) is 4.99 Å². The summed E-state index contributed by atoms with van der Waals surface area (Å²) in [4.78, 5) is 12.5. The summed E-state index contributed by atoms with van der Waals surface area (Å²) in [6, 6.07) is 4.42. The van der Waals surface area contributed by atoms with E-state index in [-0.39, 0.29) is 24.0 Å². The van der Waals surface area contributed by atoms with Gasteiger partial charge in [0.2, 0.25) is 0 Å². The maximum Gasteiger partial charge on any atom is 0.191 e. The Kier molecular flexibility index (Phi) is 12.5. The highest BCUT2D eigenvalue weighted by molar-refractivity contribution is 14.0. The molecule has 5 nitrogen and oxygen atoms in total. The molecular formula is C19H36IN5S. The van der Waals surface area contributed by atoms with Gasteiger partial charge in [0, 0.05) is 35.9 Å². The minimum Gasteiger partial charge on any atom is -0.357 e. The van der Waals surface area contributed by atoms with Crippen LogP contribution in [0.2, 0.25) is 0 Å². The fraction of sp³-hybridized carbons (Fsp3) is 0.737. The summed E-state index contributed by atoms with van der Waals surface area (Å²) in [6.45, 7) is 13.0. The summed E-state index contributed by atoms with van der Waals surface area (Å²) >= 11 is 1.87. The molecule has 0 amide bonds. The van der Waals surface area contributed by atoms with E-state index < -0.39 is 0 Å². The van der Waals surface area contributed by atoms with Gasteiger partial charge in [0.25, 0.3) is 0 Å². The van der Waals surface area contributed by atoms with Crippen LogP contribution < -0.4 is 10.6 Å². The van der Waals surface area contributed by atoms with Crippen LogP contribution in [0.4, 0.5) is 0 Å². The van der Waals surface area contributed by atoms with Crippen molar-refractivity contribution in [1.82, 2.24) is 20.4 Å². The van der Waals surface area contributed by atoms with Crippen LogP contribution in [0.5, 0.6) is 0 Å². The lowest BCUT2D eigenvalue weighted by atomic mass is 10.3. The van der Waals surface area contributed by atoms with Crippen LogP contribution in [0.3, 0.4) is 0 Å². The van der Waals surface area contributed by atoms with Gasteiger partial charge in [-0.3, -0.25) is 0 Å². The lowest BCUT2D eigenvalue weighted by molar-refractivity contribution is 0.274. The number of aryl methyl sites for hydroxylation is 1. The number of rotatable bonds is 8. The normalized spacial score (nSPS) is 16.8. The van der Waals surface area contributed by atoms with E-state index in [1.165, 1.54) is 48.9 Å². The highest BCUT2D eigenvalue weighted by Crippen LogP contribution is 2.17. The van der Waals surface area contributed by atoms with Crippen LogP contribution in [0.25, 0.3) is 0 Å². The molecule has 0 saturated carbocycles. The van der Waals surface area contributed by atoms with E-state index in [1.807, 2.05) is 11.3 Å². The highest BCUT2D eigenvalue weighted by Gasteiger charge is 2.11. The zero-order valence-electron chi connectivity index (χ0n) is 16.6. The van der Waals surface area contributed by atoms with Crippen molar-refractivity contribution in [1.29, 1.82) is 0 Å². The van der Waals surface area contributed by atoms with Crippen molar-refractivity contribution >= 4 is 41.3 Å². The molecular weight excluding hydrogens is 457 g/mol. The van der Waals surface area contributed by atoms with Crippen molar-refractivity contribution < 1.29 is 0 Å². The number of nitrogens with zero attached hydrogens (tertiary/aromatic N) is 3. The number of nitrogens with one attached hydrogen (secondary N) is 2. The Labute approximate surface area is 180 Å². The molecule has 1 aromatic heterocycles. The monoisotopic (exact) mass is 493 g/mol. The lowest BCUT2D eigenvalue weighted by Gasteiger charge is -2.20. The zero-order chi connectivity index (χ0) is 17.9. The molecule has 0 bridgehead atoms. The average Bonchev–Trinajstić information content (AvgIpc) is 2.98. The molecule has 0 spiro atoms. The maximum atomic E-state index is 4.73. The molecule has 150 valence electrons. The van der Waals surface area contributed by atoms with E-state index in [4.69, 9.17) is 4.99 Å². The van der Waals surface area contributed by atoms with Gasteiger partial charge in [-0.1, -0.05) is 6.92 Å². The Balaban J connectivity index is 0.00000338. The summed E-state index contributed by atoms with van der Waals surface area (Å²) in [5.41, 5.74) is 0. The van der Waals surface area contributed by atoms with E-state index in [1.54, 1.807) is 0 Å². The molecule has 0 aromatic carbocycles. The van der Waals surface area contributed by atoms with Crippen molar-refractivity contribution in [3.8, 4) is 0 Å². The first-order valence-electron chi connectivity index (χ1n) is 9.72. The Morgan fingerprint density at radius 1 is 1.12 bits per heavy atom. The topological polar surface area (TPSA) is 42.9 Å². The standard InChI is InChI=1S/C19H35N5S.HI/c1-4-17-8-9-18(25-17)16-22-19(20-5-2)21-10-6-12-24-13-7-11-23(3)14-15-24;/h8-9H,4-7,10-16H2,1-3H3,(H2,20,21,22);1H. The van der Waals surface area contributed by atoms with Gasteiger partial charge in [0.05, 0.1) is 6.54 Å². The predicted octanol–water partition coefficient (Wildman–Crippen LogP) is 3.01. The second kappa shape index (κ2) is 13.7. The van der Waals surface area contributed by atoms with Crippen molar-refractivity contribution in [3.63, 3.8) is 0 Å². The summed E-state index contributed by atoms with van der Waals surface area (Å²) in [5.74, 6) is 0.935. The van der Waals surface area contributed by atoms with Crippen molar-refractivity contribution in [2.45, 2.75) is 39.7 Å². The molecule has 0 aliphatic carbocycles. The Hall–Kier alpha value is -0.380. The van der Waals surface area contributed by atoms with Gasteiger partial charge in [-0.2, -0.15) is 0 Å². The van der Waals surface area contributed by atoms with Crippen molar-refractivity contribution in [3.05, 3.63) is 21.9 Å². The Morgan fingerprint density at radius 2 is 1.92 bits per heavy atom. The Bertz CT molecular complexity index is 520. The molecule has 1 aliphatic rings. The Morgan fingerprint density at radius 3 is 2.65 bits per heavy atom. The van der Waals surface area contributed by atoms with Crippen LogP contribution in [-0.4, -0.2) is 68.6 Å². The largest absolute Gasteiger partial charge is 0.357 e. The van der Waals surface area contributed by atoms with Gasteiger partial charge in [-0.25, -0.2) is 4.99 Å².